The number of carbonyl (C=O) groups excluding carboxylic acids is 2. The van der Waals surface area contributed by atoms with Crippen LogP contribution >= 0.6 is 0 Å². The van der Waals surface area contributed by atoms with Gasteiger partial charge in [0.15, 0.2) is 5.78 Å². The fourth-order valence-corrected chi connectivity index (χ4v) is 5.96. The van der Waals surface area contributed by atoms with Gasteiger partial charge in [0, 0.05) is 24.1 Å². The van der Waals surface area contributed by atoms with Crippen LogP contribution in [0.3, 0.4) is 0 Å². The Morgan fingerprint density at radius 3 is 2.27 bits per heavy atom. The van der Waals surface area contributed by atoms with Gasteiger partial charge >= 0.3 is 0 Å². The number of halogens is 1. The van der Waals surface area contributed by atoms with Crippen molar-refractivity contribution in [2.45, 2.75) is 83.6 Å². The van der Waals surface area contributed by atoms with Crippen LogP contribution in [0.2, 0.25) is 0 Å². The zero-order chi connectivity index (χ0) is 28.4. The average Bonchev–Trinajstić information content (AvgIpc) is 3.08. The van der Waals surface area contributed by atoms with Crippen molar-refractivity contribution in [3.63, 3.8) is 0 Å². The highest BCUT2D eigenvalue weighted by atomic mass is 19.1. The Morgan fingerprint density at radius 1 is 0.925 bits per heavy atom. The number of para-hydroxylation sites is 2. The SMILES string of the molecule is CCCCCC(=O)N1c2ccccc2NC2=C(C(=O)C[C@H](c3ccc(C(C)(C)C)cc3)C2)[C@H]1c1ccc(F)cc1. The monoisotopic (exact) mass is 538 g/mol. The molecule has 1 N–H and O–H groups in total. The Balaban J connectivity index is 1.61. The summed E-state index contributed by atoms with van der Waals surface area (Å²) in [5.41, 5.74) is 6.18. The lowest BCUT2D eigenvalue weighted by Gasteiger charge is -2.35. The minimum Gasteiger partial charge on any atom is -0.357 e. The fourth-order valence-electron chi connectivity index (χ4n) is 5.96. The van der Waals surface area contributed by atoms with E-state index in [2.05, 4.69) is 57.3 Å². The zero-order valence-electron chi connectivity index (χ0n) is 24.0. The van der Waals surface area contributed by atoms with Crippen molar-refractivity contribution in [1.82, 2.24) is 0 Å². The van der Waals surface area contributed by atoms with Crippen LogP contribution in [-0.2, 0) is 15.0 Å². The maximum atomic E-state index is 14.1. The Labute approximate surface area is 237 Å². The molecular formula is C35H39FN2O2. The molecule has 0 spiro atoms. The molecule has 208 valence electrons. The Bertz CT molecular complexity index is 1420. The van der Waals surface area contributed by atoms with Gasteiger partial charge in [-0.2, -0.15) is 0 Å². The molecule has 4 nitrogen and oxygen atoms in total. The molecule has 0 bridgehead atoms. The summed E-state index contributed by atoms with van der Waals surface area (Å²) in [4.78, 5) is 29.8. The maximum absolute atomic E-state index is 14.1. The molecule has 1 aliphatic carbocycles. The molecule has 0 saturated carbocycles. The van der Waals surface area contributed by atoms with E-state index in [-0.39, 0.29) is 28.8 Å². The zero-order valence-corrected chi connectivity index (χ0v) is 24.0. The van der Waals surface area contributed by atoms with Crippen molar-refractivity contribution in [3.8, 4) is 0 Å². The van der Waals surface area contributed by atoms with E-state index in [1.54, 1.807) is 17.0 Å². The number of Topliss-reactive ketones (excluding diaryl/α,β-unsaturated/α-hetero) is 1. The van der Waals surface area contributed by atoms with E-state index in [9.17, 15) is 14.0 Å². The number of hydrogen-bond donors (Lipinski definition) is 1. The first kappa shape index (κ1) is 27.8. The topological polar surface area (TPSA) is 49.4 Å². The molecule has 0 aromatic heterocycles. The van der Waals surface area contributed by atoms with Crippen LogP contribution in [-0.4, -0.2) is 11.7 Å². The number of carbonyl (C=O) groups is 2. The van der Waals surface area contributed by atoms with Crippen molar-refractivity contribution in [2.75, 3.05) is 10.2 Å². The number of allylic oxidation sites excluding steroid dienone is 1. The van der Waals surface area contributed by atoms with E-state index in [1.807, 2.05) is 24.3 Å². The summed E-state index contributed by atoms with van der Waals surface area (Å²) in [7, 11) is 0. The van der Waals surface area contributed by atoms with E-state index >= 15 is 0 Å². The lowest BCUT2D eigenvalue weighted by Crippen LogP contribution is -2.38. The molecule has 2 atom stereocenters. The number of ketones is 1. The van der Waals surface area contributed by atoms with Crippen LogP contribution in [0.15, 0.2) is 84.1 Å². The molecule has 0 saturated heterocycles. The predicted molar refractivity (Wildman–Crippen MR) is 160 cm³/mol. The van der Waals surface area contributed by atoms with Crippen LogP contribution in [0.4, 0.5) is 15.8 Å². The Kier molecular flexibility index (Phi) is 7.93. The van der Waals surface area contributed by atoms with Gasteiger partial charge in [0.2, 0.25) is 5.91 Å². The first-order valence-electron chi connectivity index (χ1n) is 14.5. The van der Waals surface area contributed by atoms with Crippen LogP contribution in [0.5, 0.6) is 0 Å². The normalized spacial score (nSPS) is 19.0. The molecule has 1 aliphatic heterocycles. The lowest BCUT2D eigenvalue weighted by atomic mass is 9.77. The van der Waals surface area contributed by atoms with Gasteiger partial charge in [-0.15, -0.1) is 0 Å². The van der Waals surface area contributed by atoms with Gasteiger partial charge in [-0.25, -0.2) is 4.39 Å². The van der Waals surface area contributed by atoms with Crippen molar-refractivity contribution in [1.29, 1.82) is 0 Å². The average molecular weight is 539 g/mol. The molecule has 1 amide bonds. The van der Waals surface area contributed by atoms with Gasteiger partial charge in [0.1, 0.15) is 5.82 Å². The number of amides is 1. The molecule has 2 aliphatic rings. The van der Waals surface area contributed by atoms with Gasteiger partial charge in [-0.1, -0.05) is 89.1 Å². The van der Waals surface area contributed by atoms with Crippen LogP contribution in [0, 0.1) is 5.82 Å². The minimum atomic E-state index is -0.627. The van der Waals surface area contributed by atoms with Gasteiger partial charge < -0.3 is 5.32 Å². The van der Waals surface area contributed by atoms with E-state index in [1.165, 1.54) is 17.7 Å². The third-order valence-electron chi connectivity index (χ3n) is 8.19. The summed E-state index contributed by atoms with van der Waals surface area (Å²) in [6.07, 6.45) is 4.16. The predicted octanol–water partition coefficient (Wildman–Crippen LogP) is 8.60. The summed E-state index contributed by atoms with van der Waals surface area (Å²) in [5, 5.41) is 3.58. The second-order valence-electron chi connectivity index (χ2n) is 12.1. The smallest absolute Gasteiger partial charge is 0.227 e. The van der Waals surface area contributed by atoms with E-state index in [0.717, 1.165) is 47.5 Å². The third-order valence-corrected chi connectivity index (χ3v) is 8.19. The van der Waals surface area contributed by atoms with Crippen molar-refractivity contribution < 1.29 is 14.0 Å². The first-order chi connectivity index (χ1) is 19.2. The quantitative estimate of drug-likeness (QED) is 0.320. The van der Waals surface area contributed by atoms with Crippen LogP contribution in [0.1, 0.15) is 94.9 Å². The summed E-state index contributed by atoms with van der Waals surface area (Å²) >= 11 is 0. The molecule has 5 rings (SSSR count). The number of unbranched alkanes of at least 4 members (excludes halogenated alkanes) is 2. The van der Waals surface area contributed by atoms with Crippen LogP contribution < -0.4 is 10.2 Å². The van der Waals surface area contributed by atoms with Gasteiger partial charge in [0.05, 0.1) is 17.4 Å². The summed E-state index contributed by atoms with van der Waals surface area (Å²) in [5.74, 6) is -0.328. The molecular weight excluding hydrogens is 499 g/mol. The summed E-state index contributed by atoms with van der Waals surface area (Å²) in [6, 6.07) is 22.0. The summed E-state index contributed by atoms with van der Waals surface area (Å²) in [6.45, 7) is 8.70. The van der Waals surface area contributed by atoms with Gasteiger partial charge in [-0.05, 0) is 65.1 Å². The molecule has 3 aromatic carbocycles. The van der Waals surface area contributed by atoms with Crippen LogP contribution in [0.25, 0.3) is 0 Å². The Morgan fingerprint density at radius 2 is 1.60 bits per heavy atom. The second-order valence-corrected chi connectivity index (χ2v) is 12.1. The van der Waals surface area contributed by atoms with Gasteiger partial charge in [0.25, 0.3) is 0 Å². The fraction of sp³-hybridized carbons (Fsp3) is 0.371. The molecule has 0 fully saturated rings. The Hall–Kier alpha value is -3.73. The van der Waals surface area contributed by atoms with Crippen molar-refractivity contribution in [3.05, 3.63) is 107 Å². The molecule has 0 unspecified atom stereocenters. The maximum Gasteiger partial charge on any atom is 0.227 e. The van der Waals surface area contributed by atoms with Crippen molar-refractivity contribution in [2.24, 2.45) is 0 Å². The summed E-state index contributed by atoms with van der Waals surface area (Å²) < 4.78 is 14.0. The first-order valence-corrected chi connectivity index (χ1v) is 14.5. The second kappa shape index (κ2) is 11.4. The number of anilines is 2. The van der Waals surface area contributed by atoms with E-state index in [0.29, 0.717) is 24.8 Å². The van der Waals surface area contributed by atoms with E-state index in [4.69, 9.17) is 0 Å². The highest BCUT2D eigenvalue weighted by Crippen LogP contribution is 2.47. The number of nitrogens with one attached hydrogen (secondary N) is 1. The molecule has 0 radical (unpaired) electrons. The van der Waals surface area contributed by atoms with E-state index < -0.39 is 6.04 Å². The van der Waals surface area contributed by atoms with Gasteiger partial charge in [-0.3, -0.25) is 14.5 Å². The molecule has 3 aromatic rings. The standard InChI is InChI=1S/C35H39FN2O2/c1-5-6-7-12-32(40)38-30-11-9-8-10-28(30)37-29-21-25(23-13-17-26(18-14-23)35(2,3)4)22-31(39)33(29)34(38)24-15-19-27(36)20-16-24/h8-11,13-20,25,34,37H,5-7,12,21-22H2,1-4H3/t25-,34-/m1/s1. The molecule has 1 heterocycles. The minimum absolute atomic E-state index is 0.0205. The number of fused-ring (bicyclic) bond motifs is 1. The third kappa shape index (κ3) is 5.60. The number of hydrogen-bond acceptors (Lipinski definition) is 3. The molecule has 40 heavy (non-hydrogen) atoms. The lowest BCUT2D eigenvalue weighted by molar-refractivity contribution is -0.119. The highest BCUT2D eigenvalue weighted by molar-refractivity contribution is 6.06. The highest BCUT2D eigenvalue weighted by Gasteiger charge is 2.41. The largest absolute Gasteiger partial charge is 0.357 e. The number of benzene rings is 3. The number of rotatable bonds is 6. The number of nitrogens with zero attached hydrogens (tertiary/aromatic N) is 1. The molecule has 5 heteroatoms. The van der Waals surface area contributed by atoms with Crippen molar-refractivity contribution >= 4 is 23.1 Å².